The molecule has 0 aromatic rings. The lowest BCUT2D eigenvalue weighted by atomic mass is 11.9. The monoisotopic (exact) mass is 85.0 g/mol. The van der Waals surface area contributed by atoms with Gasteiger partial charge in [0.25, 0.3) is 0 Å². The Morgan fingerprint density at radius 3 is 2.25 bits per heavy atom. The van der Waals surface area contributed by atoms with E-state index < -0.39 is 0 Å². The molecule has 5 radical (unpaired) electrons. The molecule has 0 N–H and O–H groups in total. The molecule has 0 nitrogen and oxygen atoms in total. The standard InChI is InChI=1S/C2H5Si2/c1-4-2-3/h2H2,1H3. The minimum Gasteiger partial charge on any atom is -0.0735 e. The zero-order valence-corrected chi connectivity index (χ0v) is 4.71. The SMILES string of the molecule is C[Si]C[Si]. The highest BCUT2D eigenvalue weighted by molar-refractivity contribution is 6.45. The lowest BCUT2D eigenvalue weighted by Crippen LogP contribution is -1.73. The van der Waals surface area contributed by atoms with Crippen LogP contribution in [-0.4, -0.2) is 19.8 Å². The van der Waals surface area contributed by atoms with Crippen molar-refractivity contribution in [3.63, 3.8) is 0 Å². The highest BCUT2D eigenvalue weighted by Gasteiger charge is 1.60. The van der Waals surface area contributed by atoms with Crippen LogP contribution in [0.5, 0.6) is 0 Å². The fraction of sp³-hybridized carbons (Fsp3) is 1.00. The summed E-state index contributed by atoms with van der Waals surface area (Å²) >= 11 is 0. The van der Waals surface area contributed by atoms with Gasteiger partial charge in [-0.15, -0.1) is 0 Å². The Balaban J connectivity index is 1.97. The van der Waals surface area contributed by atoms with Crippen LogP contribution < -0.4 is 0 Å². The molecule has 0 aliphatic rings. The molecule has 0 aromatic carbocycles. The molecule has 2 heteroatoms. The number of hydrogen-bond donors (Lipinski definition) is 0. The average molecular weight is 85.2 g/mol. The molecule has 0 fully saturated rings. The first-order valence-electron chi connectivity index (χ1n) is 1.21. The van der Waals surface area contributed by atoms with E-state index in [4.69, 9.17) is 0 Å². The van der Waals surface area contributed by atoms with Gasteiger partial charge in [0.05, 0.1) is 0 Å². The van der Waals surface area contributed by atoms with Crippen molar-refractivity contribution in [2.24, 2.45) is 0 Å². The second-order valence-corrected chi connectivity index (χ2v) is 2.65. The normalized spacial score (nSPS) is 7.50. The molecule has 0 saturated heterocycles. The Hall–Kier alpha value is 0.434. The van der Waals surface area contributed by atoms with Gasteiger partial charge < -0.3 is 0 Å². The van der Waals surface area contributed by atoms with E-state index in [2.05, 4.69) is 16.8 Å². The Morgan fingerprint density at radius 1 is 2.00 bits per heavy atom. The van der Waals surface area contributed by atoms with Crippen LogP contribution in [0.4, 0.5) is 0 Å². The van der Waals surface area contributed by atoms with E-state index in [1.165, 1.54) is 0 Å². The summed E-state index contributed by atoms with van der Waals surface area (Å²) in [5.74, 6) is 0. The Kier molecular flexibility index (Phi) is 3.81. The maximum absolute atomic E-state index is 3.30. The minimum atomic E-state index is 1.05. The summed E-state index contributed by atoms with van der Waals surface area (Å²) in [6, 6.07) is 0. The third-order valence-electron chi connectivity index (χ3n) is 0.177. The van der Waals surface area contributed by atoms with Crippen molar-refractivity contribution in [3.8, 4) is 0 Å². The van der Waals surface area contributed by atoms with E-state index in [0.29, 0.717) is 0 Å². The fourth-order valence-corrected chi connectivity index (χ4v) is 0. The molecule has 4 heavy (non-hydrogen) atoms. The van der Waals surface area contributed by atoms with Crippen LogP contribution in [0.25, 0.3) is 0 Å². The fourth-order valence-electron chi connectivity index (χ4n) is 0. The van der Waals surface area contributed by atoms with E-state index in [1.807, 2.05) is 0 Å². The van der Waals surface area contributed by atoms with Crippen LogP contribution in [0, 0.1) is 0 Å². The van der Waals surface area contributed by atoms with Gasteiger partial charge in [-0.3, -0.25) is 0 Å². The van der Waals surface area contributed by atoms with Crippen LogP contribution in [0.3, 0.4) is 0 Å². The first-order chi connectivity index (χ1) is 1.91. The van der Waals surface area contributed by atoms with E-state index >= 15 is 0 Å². The predicted molar refractivity (Wildman–Crippen MR) is 22.2 cm³/mol. The number of hydrogen-bond acceptors (Lipinski definition) is 0. The van der Waals surface area contributed by atoms with Crippen molar-refractivity contribution in [1.29, 1.82) is 0 Å². The largest absolute Gasteiger partial charge is 0.0735 e. The van der Waals surface area contributed by atoms with Crippen molar-refractivity contribution >= 4 is 19.8 Å². The molecule has 0 aliphatic heterocycles. The molecule has 21 valence electrons. The highest BCUT2D eigenvalue weighted by Crippen LogP contribution is 1.56. The van der Waals surface area contributed by atoms with Gasteiger partial charge in [0, 0.05) is 19.8 Å². The van der Waals surface area contributed by atoms with Gasteiger partial charge in [0.15, 0.2) is 0 Å². The van der Waals surface area contributed by atoms with Crippen molar-refractivity contribution in [2.45, 2.75) is 12.2 Å². The minimum absolute atomic E-state index is 1.05. The van der Waals surface area contributed by atoms with Gasteiger partial charge in [-0.25, -0.2) is 0 Å². The van der Waals surface area contributed by atoms with Crippen LogP contribution >= 0.6 is 0 Å². The first-order valence-corrected chi connectivity index (χ1v) is 3.62. The molecule has 0 spiro atoms. The second kappa shape index (κ2) is 3.43. The zero-order valence-electron chi connectivity index (χ0n) is 2.71. The van der Waals surface area contributed by atoms with Gasteiger partial charge >= 0.3 is 0 Å². The van der Waals surface area contributed by atoms with Crippen molar-refractivity contribution < 1.29 is 0 Å². The van der Waals surface area contributed by atoms with Crippen LogP contribution in [0.1, 0.15) is 0 Å². The molecule has 0 saturated carbocycles. The van der Waals surface area contributed by atoms with Gasteiger partial charge in [-0.2, -0.15) is 0 Å². The average Bonchev–Trinajstić information content (AvgIpc) is 1.37. The first kappa shape index (κ1) is 4.43. The third-order valence-corrected chi connectivity index (χ3v) is 1.59. The summed E-state index contributed by atoms with van der Waals surface area (Å²) in [4.78, 5) is 0. The van der Waals surface area contributed by atoms with E-state index in [1.54, 1.807) is 0 Å². The molecule has 0 aromatic heterocycles. The number of rotatable bonds is 1. The smallest absolute Gasteiger partial charge is 0.0305 e. The molecule has 0 unspecified atom stereocenters. The summed E-state index contributed by atoms with van der Waals surface area (Å²) in [7, 11) is 4.35. The Bertz CT molecular complexity index is 6.00. The summed E-state index contributed by atoms with van der Waals surface area (Å²) in [5.41, 5.74) is 1.15. The molecule has 0 aliphatic carbocycles. The molecular weight excluding hydrogens is 80.2 g/mol. The van der Waals surface area contributed by atoms with Crippen LogP contribution in [0.2, 0.25) is 12.2 Å². The van der Waals surface area contributed by atoms with Crippen molar-refractivity contribution in [3.05, 3.63) is 0 Å². The summed E-state index contributed by atoms with van der Waals surface area (Å²) in [5, 5.41) is 0. The van der Waals surface area contributed by atoms with Crippen molar-refractivity contribution in [2.75, 3.05) is 0 Å². The van der Waals surface area contributed by atoms with Gasteiger partial charge in [0.1, 0.15) is 0 Å². The predicted octanol–water partition coefficient (Wildman–Crippen LogP) is 0.283. The van der Waals surface area contributed by atoms with E-state index in [0.717, 1.165) is 15.2 Å². The summed E-state index contributed by atoms with van der Waals surface area (Å²) in [6.07, 6.45) is 0. The topological polar surface area (TPSA) is 0 Å². The maximum Gasteiger partial charge on any atom is 0.0305 e. The Labute approximate surface area is 32.8 Å². The molecule has 0 heterocycles. The molecule has 0 atom stereocenters. The van der Waals surface area contributed by atoms with Crippen LogP contribution in [0.15, 0.2) is 0 Å². The Morgan fingerprint density at radius 2 is 2.25 bits per heavy atom. The second-order valence-electron chi connectivity index (χ2n) is 0.530. The third kappa shape index (κ3) is 2.43. The molecular formula is C2H5Si2. The molecule has 0 rings (SSSR count). The van der Waals surface area contributed by atoms with Gasteiger partial charge in [-0.05, 0) is 0 Å². The maximum atomic E-state index is 3.30. The quantitative estimate of drug-likeness (QED) is 0.401. The lowest BCUT2D eigenvalue weighted by molar-refractivity contribution is 2.00. The van der Waals surface area contributed by atoms with Crippen molar-refractivity contribution in [1.82, 2.24) is 0 Å². The molecule has 0 bridgehead atoms. The lowest BCUT2D eigenvalue weighted by Gasteiger charge is -1.64. The van der Waals surface area contributed by atoms with Gasteiger partial charge in [-0.1, -0.05) is 12.2 Å². The zero-order chi connectivity index (χ0) is 3.41. The summed E-state index contributed by atoms with van der Waals surface area (Å²) in [6.45, 7) is 2.16. The van der Waals surface area contributed by atoms with E-state index in [-0.39, 0.29) is 0 Å². The van der Waals surface area contributed by atoms with Gasteiger partial charge in [0.2, 0.25) is 0 Å². The van der Waals surface area contributed by atoms with Crippen LogP contribution in [-0.2, 0) is 0 Å². The highest BCUT2D eigenvalue weighted by atomic mass is 28.2. The molecule has 0 amide bonds. The van der Waals surface area contributed by atoms with E-state index in [9.17, 15) is 0 Å². The summed E-state index contributed by atoms with van der Waals surface area (Å²) < 4.78 is 0.